The van der Waals surface area contributed by atoms with E-state index < -0.39 is 34.7 Å². The first-order valence-electron chi connectivity index (χ1n) is 11.1. The van der Waals surface area contributed by atoms with E-state index in [1.54, 1.807) is 30.3 Å². The molecule has 3 aliphatic heterocycles. The van der Waals surface area contributed by atoms with Crippen molar-refractivity contribution in [3.8, 4) is 0 Å². The van der Waals surface area contributed by atoms with Crippen molar-refractivity contribution < 1.29 is 28.6 Å². The molecule has 8 heteroatoms. The zero-order valence-corrected chi connectivity index (χ0v) is 18.4. The van der Waals surface area contributed by atoms with Gasteiger partial charge in [-0.25, -0.2) is 4.39 Å². The summed E-state index contributed by atoms with van der Waals surface area (Å²) in [6, 6.07) is 11.8. The van der Waals surface area contributed by atoms with Gasteiger partial charge in [0.25, 0.3) is 17.6 Å². The lowest BCUT2D eigenvalue weighted by molar-refractivity contribution is -0.145. The lowest BCUT2D eigenvalue weighted by Gasteiger charge is -2.35. The van der Waals surface area contributed by atoms with Crippen LogP contribution in [0.25, 0.3) is 5.76 Å². The van der Waals surface area contributed by atoms with Crippen LogP contribution in [0.1, 0.15) is 24.0 Å². The quantitative estimate of drug-likeness (QED) is 0.319. The molecule has 0 aromatic heterocycles. The summed E-state index contributed by atoms with van der Waals surface area (Å²) in [4.78, 5) is 43.7. The molecule has 1 N–H and O–H groups in total. The van der Waals surface area contributed by atoms with E-state index in [-0.39, 0.29) is 30.3 Å². The number of likely N-dealkylation sites (tertiary alicyclic amines) is 1. The molecule has 0 bridgehead atoms. The Morgan fingerprint density at radius 1 is 1.18 bits per heavy atom. The van der Waals surface area contributed by atoms with Gasteiger partial charge in [0.2, 0.25) is 0 Å². The standard InChI is InChI=1S/C26H23FN2O5/c1-2-13-28-20-8-4-3-7-19(20)26(25(28)33)21(22(30)16-9-11-17(27)12-10-16)23(31)24(32)29(26)15-18-6-5-14-34-18/h2-4,7-12,18,30H,1,5-6,13-15H2/t18-,26+/m1/s1. The molecule has 1 spiro atoms. The first kappa shape index (κ1) is 22.0. The number of halogens is 1. The van der Waals surface area contributed by atoms with E-state index in [4.69, 9.17) is 4.74 Å². The second-order valence-corrected chi connectivity index (χ2v) is 8.54. The van der Waals surface area contributed by atoms with E-state index in [1.807, 2.05) is 0 Å². The molecule has 2 aromatic carbocycles. The number of para-hydroxylation sites is 1. The van der Waals surface area contributed by atoms with Gasteiger partial charge in [0, 0.05) is 30.8 Å². The van der Waals surface area contributed by atoms with Crippen molar-refractivity contribution >= 4 is 29.0 Å². The van der Waals surface area contributed by atoms with Gasteiger partial charge in [0.1, 0.15) is 11.6 Å². The smallest absolute Gasteiger partial charge is 0.296 e. The minimum Gasteiger partial charge on any atom is -0.507 e. The van der Waals surface area contributed by atoms with Crippen LogP contribution in [-0.4, -0.2) is 53.4 Å². The zero-order valence-electron chi connectivity index (χ0n) is 18.4. The molecule has 34 heavy (non-hydrogen) atoms. The van der Waals surface area contributed by atoms with Crippen LogP contribution in [-0.2, 0) is 24.7 Å². The third-order valence-electron chi connectivity index (χ3n) is 6.65. The number of carbonyl (C=O) groups is 3. The highest BCUT2D eigenvalue weighted by atomic mass is 19.1. The molecule has 0 aliphatic carbocycles. The maximum absolute atomic E-state index is 14.1. The lowest BCUT2D eigenvalue weighted by Crippen LogP contribution is -2.53. The van der Waals surface area contributed by atoms with Crippen LogP contribution >= 0.6 is 0 Å². The third kappa shape index (κ3) is 3.02. The SMILES string of the molecule is C=CCN1C(=O)[C@@]2(C(=C(O)c3ccc(F)cc3)C(=O)C(=O)N2C[C@H]2CCCO2)c2ccccc21. The fourth-order valence-corrected chi connectivity index (χ4v) is 5.17. The van der Waals surface area contributed by atoms with Crippen LogP contribution in [0.15, 0.2) is 66.8 Å². The molecule has 2 amide bonds. The molecule has 2 fully saturated rings. The second kappa shape index (κ2) is 8.22. The van der Waals surface area contributed by atoms with E-state index in [9.17, 15) is 23.9 Å². The maximum Gasteiger partial charge on any atom is 0.296 e. The highest BCUT2D eigenvalue weighted by molar-refractivity contribution is 6.50. The van der Waals surface area contributed by atoms with Gasteiger partial charge in [-0.3, -0.25) is 14.4 Å². The molecule has 3 aliphatic rings. The number of aliphatic hydroxyl groups is 1. The summed E-state index contributed by atoms with van der Waals surface area (Å²) in [6.45, 7) is 4.43. The van der Waals surface area contributed by atoms with Gasteiger partial charge >= 0.3 is 0 Å². The van der Waals surface area contributed by atoms with Gasteiger partial charge < -0.3 is 19.6 Å². The molecular weight excluding hydrogens is 439 g/mol. The van der Waals surface area contributed by atoms with Crippen LogP contribution in [0.5, 0.6) is 0 Å². The number of benzene rings is 2. The molecule has 0 unspecified atom stereocenters. The summed E-state index contributed by atoms with van der Waals surface area (Å²) in [6.07, 6.45) is 2.71. The topological polar surface area (TPSA) is 87.2 Å². The number of ketones is 1. The highest BCUT2D eigenvalue weighted by Crippen LogP contribution is 2.53. The molecular formula is C26H23FN2O5. The van der Waals surface area contributed by atoms with Crippen molar-refractivity contribution in [2.75, 3.05) is 24.6 Å². The Morgan fingerprint density at radius 3 is 2.59 bits per heavy atom. The second-order valence-electron chi connectivity index (χ2n) is 8.54. The third-order valence-corrected chi connectivity index (χ3v) is 6.65. The maximum atomic E-state index is 14.1. The van der Waals surface area contributed by atoms with Crippen LogP contribution in [0.3, 0.4) is 0 Å². The minimum absolute atomic E-state index is 0.0206. The Labute approximate surface area is 195 Å². The minimum atomic E-state index is -1.86. The molecule has 0 radical (unpaired) electrons. The van der Waals surface area contributed by atoms with E-state index in [1.165, 1.54) is 21.9 Å². The Hall–Kier alpha value is -3.78. The number of rotatable bonds is 5. The van der Waals surface area contributed by atoms with Gasteiger partial charge in [-0.1, -0.05) is 24.3 Å². The number of fused-ring (bicyclic) bond motifs is 2. The average molecular weight is 462 g/mol. The monoisotopic (exact) mass is 462 g/mol. The Kier molecular flexibility index (Phi) is 5.32. The Balaban J connectivity index is 1.79. The van der Waals surface area contributed by atoms with Gasteiger partial charge in [-0.15, -0.1) is 6.58 Å². The van der Waals surface area contributed by atoms with Crippen LogP contribution < -0.4 is 4.90 Å². The molecule has 7 nitrogen and oxygen atoms in total. The van der Waals surface area contributed by atoms with Crippen molar-refractivity contribution in [1.29, 1.82) is 0 Å². The Morgan fingerprint density at radius 2 is 1.91 bits per heavy atom. The number of nitrogens with zero attached hydrogens (tertiary/aromatic N) is 2. The van der Waals surface area contributed by atoms with Gasteiger partial charge in [-0.2, -0.15) is 0 Å². The summed E-state index contributed by atoms with van der Waals surface area (Å²) in [5.74, 6) is -3.44. The summed E-state index contributed by atoms with van der Waals surface area (Å²) >= 11 is 0. The van der Waals surface area contributed by atoms with Crippen LogP contribution in [0.2, 0.25) is 0 Å². The van der Waals surface area contributed by atoms with E-state index in [0.29, 0.717) is 24.3 Å². The first-order chi connectivity index (χ1) is 16.4. The van der Waals surface area contributed by atoms with Crippen molar-refractivity contribution in [3.63, 3.8) is 0 Å². The van der Waals surface area contributed by atoms with Gasteiger partial charge in [0.15, 0.2) is 5.54 Å². The number of anilines is 1. The number of ether oxygens (including phenoxy) is 1. The lowest BCUT2D eigenvalue weighted by atomic mass is 9.81. The normalized spacial score (nSPS) is 25.4. The predicted octanol–water partition coefficient (Wildman–Crippen LogP) is 3.11. The van der Waals surface area contributed by atoms with Crippen molar-refractivity contribution in [3.05, 3.63) is 83.7 Å². The number of Topliss-reactive ketones (excluding diaryl/α,β-unsaturated/α-hetero) is 1. The van der Waals surface area contributed by atoms with Crippen molar-refractivity contribution in [2.45, 2.75) is 24.5 Å². The van der Waals surface area contributed by atoms with Crippen molar-refractivity contribution in [1.82, 2.24) is 4.90 Å². The molecule has 3 heterocycles. The Bertz CT molecular complexity index is 1230. The predicted molar refractivity (Wildman–Crippen MR) is 122 cm³/mol. The molecule has 2 saturated heterocycles. The van der Waals surface area contributed by atoms with E-state index in [2.05, 4.69) is 6.58 Å². The fraction of sp³-hybridized carbons (Fsp3) is 0.269. The summed E-state index contributed by atoms with van der Waals surface area (Å²) in [5.41, 5.74) is -1.12. The van der Waals surface area contributed by atoms with Crippen molar-refractivity contribution in [2.24, 2.45) is 0 Å². The van der Waals surface area contributed by atoms with E-state index >= 15 is 0 Å². The fourth-order valence-electron chi connectivity index (χ4n) is 5.17. The molecule has 2 aromatic rings. The van der Waals surface area contributed by atoms with E-state index in [0.717, 1.165) is 18.6 Å². The number of carbonyl (C=O) groups excluding carboxylic acids is 3. The number of aliphatic hydroxyl groups excluding tert-OH is 1. The zero-order chi connectivity index (χ0) is 24.0. The number of hydrogen-bond donors (Lipinski definition) is 1. The summed E-state index contributed by atoms with van der Waals surface area (Å²) < 4.78 is 19.3. The van der Waals surface area contributed by atoms with Gasteiger partial charge in [0.05, 0.1) is 17.4 Å². The molecule has 5 rings (SSSR count). The van der Waals surface area contributed by atoms with Crippen LogP contribution in [0.4, 0.5) is 10.1 Å². The molecule has 0 saturated carbocycles. The summed E-state index contributed by atoms with van der Waals surface area (Å²) in [5, 5.41) is 11.3. The largest absolute Gasteiger partial charge is 0.507 e. The van der Waals surface area contributed by atoms with Gasteiger partial charge in [-0.05, 0) is 43.2 Å². The summed E-state index contributed by atoms with van der Waals surface area (Å²) in [7, 11) is 0. The number of hydrogen-bond acceptors (Lipinski definition) is 5. The first-order valence-corrected chi connectivity index (χ1v) is 11.1. The molecule has 174 valence electrons. The average Bonchev–Trinajstić information content (AvgIpc) is 3.49. The molecule has 2 atom stereocenters. The highest BCUT2D eigenvalue weighted by Gasteiger charge is 2.67. The number of amides is 2. The van der Waals surface area contributed by atoms with Crippen LogP contribution in [0, 0.1) is 5.82 Å².